The molecule has 4 rings (SSSR count). The Labute approximate surface area is 175 Å². The fourth-order valence-electron chi connectivity index (χ4n) is 2.75. The number of nitrogens with one attached hydrogen (secondary N) is 1. The van der Waals surface area contributed by atoms with E-state index < -0.39 is 0 Å². The summed E-state index contributed by atoms with van der Waals surface area (Å²) in [6, 6.07) is 9.41. The second kappa shape index (κ2) is 8.78. The smallest absolute Gasteiger partial charge is 0.263 e. The summed E-state index contributed by atoms with van der Waals surface area (Å²) in [5.41, 5.74) is 1.43. The van der Waals surface area contributed by atoms with Gasteiger partial charge < -0.3 is 10.1 Å². The van der Waals surface area contributed by atoms with E-state index >= 15 is 0 Å². The number of halogens is 1. The maximum atomic E-state index is 13.0. The van der Waals surface area contributed by atoms with E-state index in [0.717, 1.165) is 5.56 Å². The third-order valence-electron chi connectivity index (χ3n) is 4.17. The van der Waals surface area contributed by atoms with Gasteiger partial charge >= 0.3 is 0 Å². The van der Waals surface area contributed by atoms with Crippen molar-refractivity contribution in [3.05, 3.63) is 82.2 Å². The molecule has 0 fully saturated rings. The Morgan fingerprint density at radius 1 is 1.27 bits per heavy atom. The van der Waals surface area contributed by atoms with E-state index in [1.807, 2.05) is 6.07 Å². The van der Waals surface area contributed by atoms with Crippen LogP contribution in [0.1, 0.15) is 25.9 Å². The molecule has 0 radical (unpaired) electrons. The quantitative estimate of drug-likeness (QED) is 0.490. The maximum absolute atomic E-state index is 13.0. The molecule has 8 nitrogen and oxygen atoms in total. The monoisotopic (exact) mass is 424 g/mol. The highest BCUT2D eigenvalue weighted by molar-refractivity contribution is 7.13. The van der Waals surface area contributed by atoms with Gasteiger partial charge in [-0.05, 0) is 37.3 Å². The fraction of sp³-hybridized carbons (Fsp3) is 0.150. The molecule has 0 aliphatic heterocycles. The number of carbonyl (C=O) groups excluding carboxylic acids is 1. The zero-order valence-corrected chi connectivity index (χ0v) is 16.8. The van der Waals surface area contributed by atoms with Crippen LogP contribution >= 0.6 is 11.3 Å². The van der Waals surface area contributed by atoms with Gasteiger partial charge in [0.25, 0.3) is 5.91 Å². The first-order chi connectivity index (χ1) is 14.6. The molecule has 4 aromatic rings. The summed E-state index contributed by atoms with van der Waals surface area (Å²) in [7, 11) is 0. The topological polar surface area (TPSA) is 94.8 Å². The summed E-state index contributed by atoms with van der Waals surface area (Å²) in [5, 5.41) is 7.65. The summed E-state index contributed by atoms with van der Waals surface area (Å²) in [5.74, 6) is 0.579. The minimum atomic E-state index is -0.327. The average Bonchev–Trinajstić information content (AvgIpc) is 3.42. The Balaban J connectivity index is 1.40. The van der Waals surface area contributed by atoms with Crippen LogP contribution in [0.5, 0.6) is 5.75 Å². The molecule has 0 unspecified atom stereocenters. The average molecular weight is 424 g/mol. The molecule has 1 amide bonds. The number of pyridine rings is 1. The van der Waals surface area contributed by atoms with Crippen molar-refractivity contribution < 1.29 is 13.9 Å². The lowest BCUT2D eigenvalue weighted by Gasteiger charge is -2.08. The summed E-state index contributed by atoms with van der Waals surface area (Å²) in [6.45, 7) is 2.25. The number of thiazole rings is 1. The fourth-order valence-corrected chi connectivity index (χ4v) is 3.64. The Bertz CT molecular complexity index is 1140. The predicted octanol–water partition coefficient (Wildman–Crippen LogP) is 3.08. The first-order valence-corrected chi connectivity index (χ1v) is 9.83. The second-order valence-electron chi connectivity index (χ2n) is 6.27. The summed E-state index contributed by atoms with van der Waals surface area (Å²) < 4.78 is 20.1. The van der Waals surface area contributed by atoms with Crippen molar-refractivity contribution in [2.45, 2.75) is 20.1 Å². The minimum absolute atomic E-state index is 0.198. The van der Waals surface area contributed by atoms with E-state index in [4.69, 9.17) is 4.74 Å². The molecule has 3 aromatic heterocycles. The van der Waals surface area contributed by atoms with Crippen molar-refractivity contribution in [2.75, 3.05) is 0 Å². The lowest BCUT2D eigenvalue weighted by Crippen LogP contribution is -2.23. The molecule has 0 aliphatic carbocycles. The molecule has 1 aromatic carbocycles. The molecule has 0 atom stereocenters. The number of nitrogens with zero attached hydrogens (tertiary/aromatic N) is 5. The molecule has 0 saturated carbocycles. The van der Waals surface area contributed by atoms with E-state index in [-0.39, 0.29) is 24.9 Å². The predicted molar refractivity (Wildman–Crippen MR) is 108 cm³/mol. The number of hydrogen-bond acceptors (Lipinski definition) is 7. The third kappa shape index (κ3) is 4.49. The minimum Gasteiger partial charge on any atom is -0.486 e. The van der Waals surface area contributed by atoms with E-state index in [1.54, 1.807) is 42.3 Å². The molecule has 1 N–H and O–H groups in total. The van der Waals surface area contributed by atoms with E-state index in [0.29, 0.717) is 27.1 Å². The van der Waals surface area contributed by atoms with Gasteiger partial charge in [-0.25, -0.2) is 24.0 Å². The normalized spacial score (nSPS) is 10.7. The Morgan fingerprint density at radius 3 is 2.87 bits per heavy atom. The van der Waals surface area contributed by atoms with E-state index in [1.165, 1.54) is 29.8 Å². The number of hydrogen-bond donors (Lipinski definition) is 1. The van der Waals surface area contributed by atoms with Crippen molar-refractivity contribution in [1.29, 1.82) is 0 Å². The number of amides is 1. The number of carbonyl (C=O) groups is 1. The zero-order chi connectivity index (χ0) is 20.9. The van der Waals surface area contributed by atoms with Gasteiger partial charge in [0, 0.05) is 18.3 Å². The highest BCUT2D eigenvalue weighted by Gasteiger charge is 2.16. The molecule has 30 heavy (non-hydrogen) atoms. The van der Waals surface area contributed by atoms with Crippen LogP contribution in [0, 0.1) is 12.7 Å². The van der Waals surface area contributed by atoms with Crippen LogP contribution in [-0.2, 0) is 13.2 Å². The van der Waals surface area contributed by atoms with Crippen LogP contribution < -0.4 is 10.1 Å². The van der Waals surface area contributed by atoms with E-state index in [2.05, 4.69) is 25.4 Å². The summed E-state index contributed by atoms with van der Waals surface area (Å²) in [6.07, 6.45) is 4.63. The summed E-state index contributed by atoms with van der Waals surface area (Å²) >= 11 is 1.26. The highest BCUT2D eigenvalue weighted by atomic mass is 32.1. The molecular formula is C20H17FN6O2S. The van der Waals surface area contributed by atoms with Crippen molar-refractivity contribution >= 4 is 17.2 Å². The first kappa shape index (κ1) is 19.6. The van der Waals surface area contributed by atoms with Gasteiger partial charge in [0.15, 0.2) is 5.82 Å². The molecule has 0 bridgehead atoms. The number of benzene rings is 1. The van der Waals surface area contributed by atoms with Crippen LogP contribution in [0.3, 0.4) is 0 Å². The standard InChI is InChI=1S/C20H17FN6O2S/c1-13-18(30-17(26-13)10-29-16-6-4-15(21)5-7-16)20(28)24-9-14-3-2-8-23-19(14)27-12-22-11-25-27/h2-8,11-12H,9-10H2,1H3,(H,24,28). The van der Waals surface area contributed by atoms with E-state index in [9.17, 15) is 9.18 Å². The molecule has 0 spiro atoms. The molecule has 10 heteroatoms. The second-order valence-corrected chi connectivity index (χ2v) is 7.36. The lowest BCUT2D eigenvalue weighted by molar-refractivity contribution is 0.0954. The van der Waals surface area contributed by atoms with Gasteiger partial charge in [-0.1, -0.05) is 6.07 Å². The number of ether oxygens (including phenoxy) is 1. The van der Waals surface area contributed by atoms with Crippen molar-refractivity contribution in [2.24, 2.45) is 0 Å². The Morgan fingerprint density at radius 2 is 2.10 bits per heavy atom. The Kier molecular flexibility index (Phi) is 5.75. The molecule has 0 aliphatic rings. The van der Waals surface area contributed by atoms with Gasteiger partial charge in [0.2, 0.25) is 0 Å². The summed E-state index contributed by atoms with van der Waals surface area (Å²) in [4.78, 5) is 25.8. The molecule has 152 valence electrons. The van der Waals surface area contributed by atoms with Crippen LogP contribution in [0.2, 0.25) is 0 Å². The largest absolute Gasteiger partial charge is 0.486 e. The van der Waals surface area contributed by atoms with Crippen LogP contribution in [0.15, 0.2) is 55.2 Å². The number of rotatable bonds is 7. The number of aryl methyl sites for hydroxylation is 1. The third-order valence-corrected chi connectivity index (χ3v) is 5.30. The molecule has 3 heterocycles. The van der Waals surface area contributed by atoms with Gasteiger partial charge in [-0.2, -0.15) is 5.10 Å². The number of aromatic nitrogens is 5. The van der Waals surface area contributed by atoms with Crippen molar-refractivity contribution in [3.63, 3.8) is 0 Å². The van der Waals surface area contributed by atoms with Gasteiger partial charge in [0.1, 0.15) is 40.7 Å². The van der Waals surface area contributed by atoms with Gasteiger partial charge in [-0.15, -0.1) is 11.3 Å². The van der Waals surface area contributed by atoms with Gasteiger partial charge in [-0.3, -0.25) is 4.79 Å². The zero-order valence-electron chi connectivity index (χ0n) is 15.9. The lowest BCUT2D eigenvalue weighted by atomic mass is 10.2. The van der Waals surface area contributed by atoms with Crippen molar-refractivity contribution in [1.82, 2.24) is 30.0 Å². The Hall–Kier alpha value is -3.66. The van der Waals surface area contributed by atoms with Crippen molar-refractivity contribution in [3.8, 4) is 11.6 Å². The van der Waals surface area contributed by atoms with Gasteiger partial charge in [0.05, 0.1) is 5.69 Å². The maximum Gasteiger partial charge on any atom is 0.263 e. The highest BCUT2D eigenvalue weighted by Crippen LogP contribution is 2.21. The molecular weight excluding hydrogens is 407 g/mol. The van der Waals surface area contributed by atoms with Crippen LogP contribution in [0.4, 0.5) is 4.39 Å². The van der Waals surface area contributed by atoms with Crippen LogP contribution in [0.25, 0.3) is 5.82 Å². The SMILES string of the molecule is Cc1nc(COc2ccc(F)cc2)sc1C(=O)NCc1cccnc1-n1cncn1. The van der Waals surface area contributed by atoms with Crippen LogP contribution in [-0.4, -0.2) is 30.6 Å². The molecule has 0 saturated heterocycles. The first-order valence-electron chi connectivity index (χ1n) is 9.02.